The van der Waals surface area contributed by atoms with Crippen LogP contribution in [0.15, 0.2) is 0 Å². The highest BCUT2D eigenvalue weighted by Crippen LogP contribution is 2.14. The standard InChI is InChI=1S/C12H26N2O2/c13-6-2-1-3-7-14-8-4-12(5-9-14)16-11-10-15/h12,15H,1-11,13H2. The zero-order valence-corrected chi connectivity index (χ0v) is 10.2. The average molecular weight is 230 g/mol. The molecule has 0 unspecified atom stereocenters. The summed E-state index contributed by atoms with van der Waals surface area (Å²) in [7, 11) is 0. The summed E-state index contributed by atoms with van der Waals surface area (Å²) in [4.78, 5) is 2.51. The lowest BCUT2D eigenvalue weighted by Gasteiger charge is -2.31. The molecule has 0 atom stereocenters. The summed E-state index contributed by atoms with van der Waals surface area (Å²) in [6.07, 6.45) is 6.24. The highest BCUT2D eigenvalue weighted by Gasteiger charge is 2.18. The summed E-state index contributed by atoms with van der Waals surface area (Å²) in [6, 6.07) is 0. The number of nitrogens with zero attached hydrogens (tertiary/aromatic N) is 1. The number of rotatable bonds is 8. The molecule has 1 heterocycles. The molecule has 1 fully saturated rings. The van der Waals surface area contributed by atoms with Gasteiger partial charge in [-0.3, -0.25) is 0 Å². The molecule has 1 saturated heterocycles. The van der Waals surface area contributed by atoms with Crippen LogP contribution in [0.5, 0.6) is 0 Å². The number of ether oxygens (including phenoxy) is 1. The Hall–Kier alpha value is -0.160. The highest BCUT2D eigenvalue weighted by atomic mass is 16.5. The Morgan fingerprint density at radius 3 is 2.56 bits per heavy atom. The van der Waals surface area contributed by atoms with Gasteiger partial charge in [0.15, 0.2) is 0 Å². The van der Waals surface area contributed by atoms with Crippen molar-refractivity contribution in [3.05, 3.63) is 0 Å². The van der Waals surface area contributed by atoms with E-state index in [0.717, 1.165) is 38.9 Å². The summed E-state index contributed by atoms with van der Waals surface area (Å²) in [6.45, 7) is 4.92. The van der Waals surface area contributed by atoms with Gasteiger partial charge in [-0.25, -0.2) is 0 Å². The predicted octanol–water partition coefficient (Wildman–Crippen LogP) is 0.589. The quantitative estimate of drug-likeness (QED) is 0.599. The summed E-state index contributed by atoms with van der Waals surface area (Å²) < 4.78 is 5.53. The van der Waals surface area contributed by atoms with E-state index in [9.17, 15) is 0 Å². The number of aliphatic hydroxyl groups excluding tert-OH is 1. The van der Waals surface area contributed by atoms with Crippen molar-refractivity contribution in [3.63, 3.8) is 0 Å². The van der Waals surface area contributed by atoms with Gasteiger partial charge in [-0.15, -0.1) is 0 Å². The van der Waals surface area contributed by atoms with Gasteiger partial charge in [0.1, 0.15) is 0 Å². The van der Waals surface area contributed by atoms with Crippen molar-refractivity contribution in [1.82, 2.24) is 4.90 Å². The van der Waals surface area contributed by atoms with Crippen molar-refractivity contribution in [2.75, 3.05) is 39.4 Å². The van der Waals surface area contributed by atoms with E-state index >= 15 is 0 Å². The number of aliphatic hydroxyl groups is 1. The third-order valence-electron chi connectivity index (χ3n) is 3.16. The first kappa shape index (κ1) is 13.9. The van der Waals surface area contributed by atoms with Crippen molar-refractivity contribution in [2.45, 2.75) is 38.2 Å². The van der Waals surface area contributed by atoms with E-state index in [0.29, 0.717) is 12.7 Å². The average Bonchev–Trinajstić information content (AvgIpc) is 2.33. The number of unbranched alkanes of at least 4 members (excludes halogenated alkanes) is 2. The molecule has 4 nitrogen and oxygen atoms in total. The zero-order valence-electron chi connectivity index (χ0n) is 10.2. The van der Waals surface area contributed by atoms with Crippen molar-refractivity contribution in [3.8, 4) is 0 Å². The van der Waals surface area contributed by atoms with Crippen molar-refractivity contribution < 1.29 is 9.84 Å². The molecule has 0 aromatic carbocycles. The van der Waals surface area contributed by atoms with Crippen LogP contribution in [0.25, 0.3) is 0 Å². The van der Waals surface area contributed by atoms with Crippen LogP contribution in [0.4, 0.5) is 0 Å². The third kappa shape index (κ3) is 5.80. The fourth-order valence-corrected chi connectivity index (χ4v) is 2.18. The Morgan fingerprint density at radius 2 is 1.94 bits per heavy atom. The van der Waals surface area contributed by atoms with E-state index in [1.54, 1.807) is 0 Å². The van der Waals surface area contributed by atoms with Gasteiger partial charge in [-0.05, 0) is 38.8 Å². The number of likely N-dealkylation sites (tertiary alicyclic amines) is 1. The molecule has 3 N–H and O–H groups in total. The second kappa shape index (κ2) is 8.93. The van der Waals surface area contributed by atoms with E-state index in [1.807, 2.05) is 0 Å². The molecular formula is C12H26N2O2. The lowest BCUT2D eigenvalue weighted by molar-refractivity contribution is -0.00787. The van der Waals surface area contributed by atoms with E-state index in [2.05, 4.69) is 4.90 Å². The fourth-order valence-electron chi connectivity index (χ4n) is 2.18. The Kier molecular flexibility index (Phi) is 7.76. The Morgan fingerprint density at radius 1 is 1.19 bits per heavy atom. The monoisotopic (exact) mass is 230 g/mol. The van der Waals surface area contributed by atoms with E-state index in [1.165, 1.54) is 19.4 Å². The van der Waals surface area contributed by atoms with Crippen LogP contribution in [-0.2, 0) is 4.74 Å². The van der Waals surface area contributed by atoms with Gasteiger partial charge in [0.25, 0.3) is 0 Å². The number of nitrogens with two attached hydrogens (primary N) is 1. The summed E-state index contributed by atoms with van der Waals surface area (Å²) in [5, 5.41) is 8.67. The topological polar surface area (TPSA) is 58.7 Å². The maximum atomic E-state index is 8.67. The molecule has 0 aromatic heterocycles. The Bertz CT molecular complexity index is 159. The largest absolute Gasteiger partial charge is 0.394 e. The molecule has 0 saturated carbocycles. The molecule has 96 valence electrons. The van der Waals surface area contributed by atoms with Gasteiger partial charge in [-0.1, -0.05) is 6.42 Å². The van der Waals surface area contributed by atoms with Gasteiger partial charge in [0, 0.05) is 13.1 Å². The number of hydrogen-bond acceptors (Lipinski definition) is 4. The first-order valence-corrected chi connectivity index (χ1v) is 6.51. The molecule has 16 heavy (non-hydrogen) atoms. The molecule has 0 aromatic rings. The minimum Gasteiger partial charge on any atom is -0.394 e. The third-order valence-corrected chi connectivity index (χ3v) is 3.16. The fraction of sp³-hybridized carbons (Fsp3) is 1.00. The van der Waals surface area contributed by atoms with Crippen LogP contribution in [0.2, 0.25) is 0 Å². The zero-order chi connectivity index (χ0) is 11.6. The maximum absolute atomic E-state index is 8.67. The molecule has 0 bridgehead atoms. The van der Waals surface area contributed by atoms with E-state index in [4.69, 9.17) is 15.6 Å². The molecule has 1 rings (SSSR count). The first-order chi connectivity index (χ1) is 7.86. The molecular weight excluding hydrogens is 204 g/mol. The smallest absolute Gasteiger partial charge is 0.0701 e. The van der Waals surface area contributed by atoms with Crippen LogP contribution in [0.3, 0.4) is 0 Å². The van der Waals surface area contributed by atoms with Crippen molar-refractivity contribution in [1.29, 1.82) is 0 Å². The second-order valence-electron chi connectivity index (χ2n) is 4.48. The van der Waals surface area contributed by atoms with Gasteiger partial charge in [0.2, 0.25) is 0 Å². The maximum Gasteiger partial charge on any atom is 0.0701 e. The lowest BCUT2D eigenvalue weighted by Crippen LogP contribution is -2.37. The van der Waals surface area contributed by atoms with Gasteiger partial charge in [-0.2, -0.15) is 0 Å². The Labute approximate surface area is 98.8 Å². The molecule has 0 amide bonds. The van der Waals surface area contributed by atoms with Crippen LogP contribution in [0, 0.1) is 0 Å². The van der Waals surface area contributed by atoms with Gasteiger partial charge >= 0.3 is 0 Å². The Balaban J connectivity index is 1.98. The van der Waals surface area contributed by atoms with Crippen molar-refractivity contribution in [2.24, 2.45) is 5.73 Å². The van der Waals surface area contributed by atoms with Crippen LogP contribution >= 0.6 is 0 Å². The SMILES string of the molecule is NCCCCCN1CCC(OCCO)CC1. The molecule has 1 aliphatic heterocycles. The second-order valence-corrected chi connectivity index (χ2v) is 4.48. The summed E-state index contributed by atoms with van der Waals surface area (Å²) >= 11 is 0. The molecule has 1 aliphatic rings. The minimum atomic E-state index is 0.138. The van der Waals surface area contributed by atoms with E-state index < -0.39 is 0 Å². The summed E-state index contributed by atoms with van der Waals surface area (Å²) in [5.41, 5.74) is 5.46. The highest BCUT2D eigenvalue weighted by molar-refractivity contribution is 4.72. The number of piperidine rings is 1. The summed E-state index contributed by atoms with van der Waals surface area (Å²) in [5.74, 6) is 0. The molecule has 4 heteroatoms. The van der Waals surface area contributed by atoms with Crippen molar-refractivity contribution >= 4 is 0 Å². The van der Waals surface area contributed by atoms with Crippen LogP contribution in [-0.4, -0.2) is 55.5 Å². The number of hydrogen-bond donors (Lipinski definition) is 2. The van der Waals surface area contributed by atoms with Crippen LogP contribution in [0.1, 0.15) is 32.1 Å². The molecule has 0 spiro atoms. The first-order valence-electron chi connectivity index (χ1n) is 6.51. The van der Waals surface area contributed by atoms with Gasteiger partial charge in [0.05, 0.1) is 19.3 Å². The lowest BCUT2D eigenvalue weighted by atomic mass is 10.1. The molecule has 0 radical (unpaired) electrons. The normalized spacial score (nSPS) is 19.1. The molecule has 0 aliphatic carbocycles. The van der Waals surface area contributed by atoms with E-state index in [-0.39, 0.29) is 6.61 Å². The predicted molar refractivity (Wildman–Crippen MR) is 65.4 cm³/mol. The minimum absolute atomic E-state index is 0.138. The van der Waals surface area contributed by atoms with Gasteiger partial charge < -0.3 is 20.5 Å². The van der Waals surface area contributed by atoms with Crippen LogP contribution < -0.4 is 5.73 Å².